The van der Waals surface area contributed by atoms with Gasteiger partial charge in [0.05, 0.1) is 6.54 Å². The summed E-state index contributed by atoms with van der Waals surface area (Å²) in [6.45, 7) is 5.62. The number of aliphatic carboxylic acids is 1. The minimum absolute atomic E-state index is 0.269. The summed E-state index contributed by atoms with van der Waals surface area (Å²) in [5.41, 5.74) is -1.34. The minimum Gasteiger partial charge on any atom is -0.480 e. The largest absolute Gasteiger partial charge is 0.480 e. The molecule has 8 heteroatoms. The summed E-state index contributed by atoms with van der Waals surface area (Å²) in [7, 11) is 0. The molecule has 7 nitrogen and oxygen atoms in total. The molecule has 0 spiro atoms. The lowest BCUT2D eigenvalue weighted by Crippen LogP contribution is -2.43. The molecule has 1 aromatic carbocycles. The third-order valence-electron chi connectivity index (χ3n) is 3.45. The van der Waals surface area contributed by atoms with Gasteiger partial charge in [-0.2, -0.15) is 0 Å². The number of ether oxygens (including phenoxy) is 2. The average Bonchev–Trinajstić information content (AvgIpc) is 2.70. The first kappa shape index (κ1) is 17.4. The minimum atomic E-state index is -1.75. The number of nitrogens with zero attached hydrogens (tertiary/aromatic N) is 1. The zero-order chi connectivity index (χ0) is 17.6. The van der Waals surface area contributed by atoms with Crippen molar-refractivity contribution in [3.05, 3.63) is 22.7 Å². The van der Waals surface area contributed by atoms with Crippen molar-refractivity contribution >= 4 is 23.5 Å². The zero-order valence-electron chi connectivity index (χ0n) is 13.2. The van der Waals surface area contributed by atoms with E-state index in [0.29, 0.717) is 22.1 Å². The molecule has 1 amide bonds. The van der Waals surface area contributed by atoms with Crippen LogP contribution in [-0.4, -0.2) is 33.0 Å². The molecule has 0 radical (unpaired) electrons. The zero-order valence-corrected chi connectivity index (χ0v) is 14.0. The van der Waals surface area contributed by atoms with Gasteiger partial charge in [0.1, 0.15) is 5.41 Å². The fourth-order valence-electron chi connectivity index (χ4n) is 2.06. The third-order valence-corrected chi connectivity index (χ3v) is 3.80. The van der Waals surface area contributed by atoms with E-state index in [0.717, 1.165) is 0 Å². The molecule has 2 N–H and O–H groups in total. The van der Waals surface area contributed by atoms with Crippen LogP contribution in [0.25, 0.3) is 0 Å². The first-order chi connectivity index (χ1) is 10.4. The Kier molecular flexibility index (Phi) is 4.21. The highest BCUT2D eigenvalue weighted by atomic mass is 35.5. The molecule has 0 aromatic heterocycles. The van der Waals surface area contributed by atoms with E-state index in [1.165, 1.54) is 19.9 Å². The maximum atomic E-state index is 12.1. The van der Waals surface area contributed by atoms with Gasteiger partial charge >= 0.3 is 5.97 Å². The lowest BCUT2D eigenvalue weighted by atomic mass is 9.92. The monoisotopic (exact) mass is 343 g/mol. The molecular formula is C15H18ClNO6. The van der Waals surface area contributed by atoms with Crippen molar-refractivity contribution in [2.45, 2.75) is 40.0 Å². The number of carbonyl (C=O) groups excluding carboxylic acids is 1. The second kappa shape index (κ2) is 5.58. The maximum Gasteiger partial charge on any atom is 0.318 e. The van der Waals surface area contributed by atoms with E-state index >= 15 is 0 Å². The number of hydroxylamine groups is 2. The van der Waals surface area contributed by atoms with Crippen molar-refractivity contribution in [3.8, 4) is 11.5 Å². The lowest BCUT2D eigenvalue weighted by molar-refractivity contribution is -0.183. The van der Waals surface area contributed by atoms with Gasteiger partial charge in [0.15, 0.2) is 11.5 Å². The van der Waals surface area contributed by atoms with Gasteiger partial charge in [0.2, 0.25) is 5.79 Å². The Morgan fingerprint density at radius 1 is 1.26 bits per heavy atom. The summed E-state index contributed by atoms with van der Waals surface area (Å²) in [6.07, 6.45) is 0. The number of carboxylic acid groups (broad SMARTS) is 1. The van der Waals surface area contributed by atoms with Crippen LogP contribution in [0.2, 0.25) is 5.02 Å². The Bertz CT molecular complexity index is 670. The predicted octanol–water partition coefficient (Wildman–Crippen LogP) is 2.68. The summed E-state index contributed by atoms with van der Waals surface area (Å²) in [5.74, 6) is -2.21. The van der Waals surface area contributed by atoms with Crippen LogP contribution in [0.1, 0.15) is 33.3 Å². The summed E-state index contributed by atoms with van der Waals surface area (Å²) < 4.78 is 11.1. The van der Waals surface area contributed by atoms with Crippen LogP contribution >= 0.6 is 11.6 Å². The molecule has 1 heterocycles. The van der Waals surface area contributed by atoms with E-state index in [9.17, 15) is 14.8 Å². The normalized spacial score (nSPS) is 15.4. The maximum absolute atomic E-state index is 12.1. The molecule has 0 fully saturated rings. The van der Waals surface area contributed by atoms with Gasteiger partial charge in [0.25, 0.3) is 5.91 Å². The average molecular weight is 344 g/mol. The highest BCUT2D eigenvalue weighted by Crippen LogP contribution is 2.42. The number of amides is 1. The Morgan fingerprint density at radius 2 is 1.78 bits per heavy atom. The van der Waals surface area contributed by atoms with E-state index in [4.69, 9.17) is 26.2 Å². The van der Waals surface area contributed by atoms with E-state index in [2.05, 4.69) is 0 Å². The van der Waals surface area contributed by atoms with Gasteiger partial charge in [0, 0.05) is 24.9 Å². The molecule has 0 aliphatic carbocycles. The van der Waals surface area contributed by atoms with Crippen LogP contribution in [0.3, 0.4) is 0 Å². The number of fused-ring (bicyclic) bond motifs is 1. The number of hydrogen-bond donors (Lipinski definition) is 2. The van der Waals surface area contributed by atoms with E-state index in [1.807, 2.05) is 0 Å². The standard InChI is InChI=1S/C15H18ClNO6/c1-14(2,13(19)20)12(18)17(21)7-8-5-10-11(6-9(8)16)23-15(3,4)22-10/h5-6,21H,7H2,1-4H3,(H,19,20). The van der Waals surface area contributed by atoms with Crippen LogP contribution in [0.4, 0.5) is 0 Å². The van der Waals surface area contributed by atoms with Crippen molar-refractivity contribution < 1.29 is 29.4 Å². The number of carbonyl (C=O) groups is 2. The topological polar surface area (TPSA) is 96.3 Å². The first-order valence-corrected chi connectivity index (χ1v) is 7.26. The van der Waals surface area contributed by atoms with Crippen LogP contribution in [0.15, 0.2) is 12.1 Å². The van der Waals surface area contributed by atoms with Crippen molar-refractivity contribution in [2.75, 3.05) is 0 Å². The molecule has 0 saturated carbocycles. The lowest BCUT2D eigenvalue weighted by Gasteiger charge is -2.24. The molecule has 0 saturated heterocycles. The molecule has 2 rings (SSSR count). The Hall–Kier alpha value is -1.99. The number of carboxylic acids is 1. The Morgan fingerprint density at radius 3 is 2.30 bits per heavy atom. The number of benzene rings is 1. The molecule has 23 heavy (non-hydrogen) atoms. The summed E-state index contributed by atoms with van der Waals surface area (Å²) in [6, 6.07) is 3.08. The second-order valence-electron chi connectivity index (χ2n) is 6.29. The van der Waals surface area contributed by atoms with Crippen molar-refractivity contribution in [2.24, 2.45) is 5.41 Å². The van der Waals surface area contributed by atoms with Crippen molar-refractivity contribution in [1.82, 2.24) is 5.06 Å². The van der Waals surface area contributed by atoms with Crippen LogP contribution in [0.5, 0.6) is 11.5 Å². The smallest absolute Gasteiger partial charge is 0.318 e. The molecule has 0 bridgehead atoms. The van der Waals surface area contributed by atoms with Crippen LogP contribution in [-0.2, 0) is 16.1 Å². The fourth-order valence-corrected chi connectivity index (χ4v) is 2.27. The summed E-state index contributed by atoms with van der Waals surface area (Å²) in [5, 5.41) is 19.6. The number of halogens is 1. The molecule has 126 valence electrons. The van der Waals surface area contributed by atoms with Gasteiger partial charge < -0.3 is 14.6 Å². The molecule has 1 aliphatic heterocycles. The molecular weight excluding hydrogens is 326 g/mol. The molecule has 0 atom stereocenters. The van der Waals surface area contributed by atoms with E-state index in [-0.39, 0.29) is 11.6 Å². The Labute approximate surface area is 138 Å². The molecule has 1 aliphatic rings. The predicted molar refractivity (Wildman–Crippen MR) is 80.5 cm³/mol. The van der Waals surface area contributed by atoms with Gasteiger partial charge in [-0.25, -0.2) is 5.06 Å². The van der Waals surface area contributed by atoms with Gasteiger partial charge in [-0.05, 0) is 25.5 Å². The summed E-state index contributed by atoms with van der Waals surface area (Å²) in [4.78, 5) is 23.1. The quantitative estimate of drug-likeness (QED) is 0.495. The number of rotatable bonds is 4. The van der Waals surface area contributed by atoms with Gasteiger partial charge in [-0.15, -0.1) is 0 Å². The van der Waals surface area contributed by atoms with E-state index < -0.39 is 23.1 Å². The second-order valence-corrected chi connectivity index (χ2v) is 6.69. The molecule has 0 unspecified atom stereocenters. The SMILES string of the molecule is CC1(C)Oc2cc(Cl)c(CN(O)C(=O)C(C)(C)C(=O)O)cc2O1. The van der Waals surface area contributed by atoms with Crippen LogP contribution in [0, 0.1) is 5.41 Å². The van der Waals surface area contributed by atoms with Crippen molar-refractivity contribution in [1.29, 1.82) is 0 Å². The fraction of sp³-hybridized carbons (Fsp3) is 0.467. The highest BCUT2D eigenvalue weighted by molar-refractivity contribution is 6.31. The Balaban J connectivity index is 2.22. The summed E-state index contributed by atoms with van der Waals surface area (Å²) >= 11 is 6.13. The third kappa shape index (κ3) is 3.35. The van der Waals surface area contributed by atoms with Gasteiger partial charge in [-0.1, -0.05) is 11.6 Å². The van der Waals surface area contributed by atoms with E-state index in [1.54, 1.807) is 19.9 Å². The highest BCUT2D eigenvalue weighted by Gasteiger charge is 2.39. The molecule has 1 aromatic rings. The number of hydrogen-bond acceptors (Lipinski definition) is 5. The van der Waals surface area contributed by atoms with Gasteiger partial charge in [-0.3, -0.25) is 14.8 Å². The first-order valence-electron chi connectivity index (χ1n) is 6.89. The van der Waals surface area contributed by atoms with Crippen molar-refractivity contribution in [3.63, 3.8) is 0 Å². The van der Waals surface area contributed by atoms with Crippen LogP contribution < -0.4 is 9.47 Å².